The molecule has 2 aromatic heterocycles. The van der Waals surface area contributed by atoms with Crippen LogP contribution in [0, 0.1) is 0 Å². The summed E-state index contributed by atoms with van der Waals surface area (Å²) in [4.78, 5) is 0. The van der Waals surface area contributed by atoms with Gasteiger partial charge in [-0.05, 0) is 71.2 Å². The Kier molecular flexibility index (Phi) is 5.13. The van der Waals surface area contributed by atoms with Gasteiger partial charge in [0.1, 0.15) is 5.75 Å². The molecule has 0 saturated carbocycles. The summed E-state index contributed by atoms with van der Waals surface area (Å²) in [6.07, 6.45) is 6.75. The summed E-state index contributed by atoms with van der Waals surface area (Å²) >= 11 is 0. The number of phenols is 1. The fourth-order valence-corrected chi connectivity index (χ4v) is 4.90. The van der Waals surface area contributed by atoms with Crippen molar-refractivity contribution in [3.8, 4) is 22.7 Å². The van der Waals surface area contributed by atoms with Gasteiger partial charge in [0.15, 0.2) is 5.82 Å². The Morgan fingerprint density at radius 2 is 1.74 bits per heavy atom. The van der Waals surface area contributed by atoms with E-state index in [-0.39, 0.29) is 16.8 Å². The summed E-state index contributed by atoms with van der Waals surface area (Å²) < 4.78 is 1.62. The summed E-state index contributed by atoms with van der Waals surface area (Å²) in [5.74, 6) is 0.884. The molecular weight excluding hydrogens is 390 g/mol. The largest absolute Gasteiger partial charge is 0.507 e. The molecule has 8 heteroatoms. The van der Waals surface area contributed by atoms with Crippen LogP contribution in [0.3, 0.4) is 0 Å². The highest BCUT2D eigenvalue weighted by Crippen LogP contribution is 2.40. The second kappa shape index (κ2) is 7.53. The number of piperidine rings is 1. The van der Waals surface area contributed by atoms with E-state index in [1.54, 1.807) is 23.1 Å². The number of nitrogens with two attached hydrogens (primary N) is 1. The second-order valence-corrected chi connectivity index (χ2v) is 9.51. The molecule has 1 fully saturated rings. The first-order valence-electron chi connectivity index (χ1n) is 10.6. The van der Waals surface area contributed by atoms with Crippen LogP contribution in [0.15, 0.2) is 42.7 Å². The zero-order valence-corrected chi connectivity index (χ0v) is 18.9. The second-order valence-electron chi connectivity index (χ2n) is 9.51. The lowest BCUT2D eigenvalue weighted by Crippen LogP contribution is -2.64. The Morgan fingerprint density at radius 1 is 1.03 bits per heavy atom. The topological polar surface area (TPSA) is 96.3 Å². The van der Waals surface area contributed by atoms with E-state index in [0.29, 0.717) is 16.9 Å². The van der Waals surface area contributed by atoms with E-state index in [1.807, 2.05) is 31.3 Å². The lowest BCUT2D eigenvalue weighted by atomic mass is 9.81. The number of nitrogen functional groups attached to an aromatic ring is 1. The van der Waals surface area contributed by atoms with Crippen molar-refractivity contribution in [2.24, 2.45) is 0 Å². The number of anilines is 2. The maximum atomic E-state index is 10.6. The molecule has 0 atom stereocenters. The van der Waals surface area contributed by atoms with Crippen molar-refractivity contribution in [2.45, 2.75) is 58.0 Å². The van der Waals surface area contributed by atoms with Crippen LogP contribution >= 0.6 is 0 Å². The molecule has 3 N–H and O–H groups in total. The third-order valence-electron chi connectivity index (χ3n) is 6.13. The standard InChI is InChI=1S/C23H31N7O/c1-22(2)11-6-12-23(3,4)30(22)28(5)21-10-9-19(26-27-21)18-8-7-17(13-20(18)31)29-15-16(24)14-25-29/h7-10,13-15,31H,6,11-12,24H2,1-5H3. The summed E-state index contributed by atoms with van der Waals surface area (Å²) in [6.45, 7) is 9.11. The van der Waals surface area contributed by atoms with Gasteiger partial charge in [-0.25, -0.2) is 9.69 Å². The molecule has 0 amide bonds. The predicted molar refractivity (Wildman–Crippen MR) is 123 cm³/mol. The van der Waals surface area contributed by atoms with Gasteiger partial charge < -0.3 is 10.8 Å². The number of aromatic nitrogens is 4. The molecule has 0 unspecified atom stereocenters. The number of rotatable bonds is 4. The number of hydrogen-bond donors (Lipinski definition) is 2. The number of hydrogen-bond acceptors (Lipinski definition) is 7. The Labute approximate surface area is 183 Å². The maximum Gasteiger partial charge on any atom is 0.165 e. The van der Waals surface area contributed by atoms with Crippen LogP contribution in [-0.2, 0) is 0 Å². The van der Waals surface area contributed by atoms with Crippen molar-refractivity contribution in [2.75, 3.05) is 17.8 Å². The third kappa shape index (κ3) is 3.95. The summed E-state index contributed by atoms with van der Waals surface area (Å²) in [5.41, 5.74) is 8.29. The number of phenolic OH excluding ortho intramolecular Hbond substituents is 1. The fourth-order valence-electron chi connectivity index (χ4n) is 4.90. The molecule has 1 aromatic carbocycles. The molecule has 0 bridgehead atoms. The van der Waals surface area contributed by atoms with Gasteiger partial charge >= 0.3 is 0 Å². The number of hydrazine groups is 1. The highest BCUT2D eigenvalue weighted by molar-refractivity contribution is 5.69. The van der Waals surface area contributed by atoms with E-state index in [0.717, 1.165) is 24.3 Å². The highest BCUT2D eigenvalue weighted by atomic mass is 16.3. The van der Waals surface area contributed by atoms with Crippen molar-refractivity contribution in [3.63, 3.8) is 0 Å². The van der Waals surface area contributed by atoms with Crippen LogP contribution in [0.25, 0.3) is 16.9 Å². The minimum Gasteiger partial charge on any atom is -0.507 e. The van der Waals surface area contributed by atoms with Crippen molar-refractivity contribution in [1.82, 2.24) is 25.0 Å². The van der Waals surface area contributed by atoms with E-state index < -0.39 is 0 Å². The summed E-state index contributed by atoms with van der Waals surface area (Å²) in [5, 5.41) is 28.2. The van der Waals surface area contributed by atoms with Gasteiger partial charge in [-0.15, -0.1) is 10.2 Å². The normalized spacial score (nSPS) is 18.1. The first kappa shape index (κ1) is 21.1. The molecule has 0 aliphatic carbocycles. The summed E-state index contributed by atoms with van der Waals surface area (Å²) in [6, 6.07) is 9.16. The van der Waals surface area contributed by atoms with E-state index in [4.69, 9.17) is 5.73 Å². The van der Waals surface area contributed by atoms with Gasteiger partial charge in [0.05, 0.1) is 29.5 Å². The quantitative estimate of drug-likeness (QED) is 0.657. The Bertz CT molecular complexity index is 1060. The van der Waals surface area contributed by atoms with Crippen LogP contribution in [0.1, 0.15) is 47.0 Å². The molecule has 3 aromatic rings. The Morgan fingerprint density at radius 3 is 2.29 bits per heavy atom. The van der Waals surface area contributed by atoms with E-state index in [1.165, 1.54) is 6.42 Å². The molecule has 8 nitrogen and oxygen atoms in total. The molecule has 0 radical (unpaired) electrons. The van der Waals surface area contributed by atoms with Crippen LogP contribution in [0.2, 0.25) is 0 Å². The Hall–Kier alpha value is -3.13. The van der Waals surface area contributed by atoms with Crippen molar-refractivity contribution < 1.29 is 5.11 Å². The average Bonchev–Trinajstić information content (AvgIpc) is 3.13. The zero-order chi connectivity index (χ0) is 22.4. The first-order chi connectivity index (χ1) is 14.6. The molecule has 1 saturated heterocycles. The lowest BCUT2D eigenvalue weighted by Gasteiger charge is -2.56. The van der Waals surface area contributed by atoms with Gasteiger partial charge in [0, 0.05) is 29.8 Å². The minimum absolute atomic E-state index is 0.0286. The molecule has 0 spiro atoms. The molecule has 1 aliphatic heterocycles. The number of benzene rings is 1. The maximum absolute atomic E-state index is 10.6. The predicted octanol–water partition coefficient (Wildman–Crippen LogP) is 4.01. The smallest absolute Gasteiger partial charge is 0.165 e. The van der Waals surface area contributed by atoms with E-state index in [2.05, 4.69) is 53.0 Å². The van der Waals surface area contributed by atoms with E-state index >= 15 is 0 Å². The van der Waals surface area contributed by atoms with E-state index in [9.17, 15) is 5.11 Å². The minimum atomic E-state index is 0.0286. The van der Waals surface area contributed by atoms with Crippen molar-refractivity contribution in [1.29, 1.82) is 0 Å². The molecule has 3 heterocycles. The first-order valence-corrected chi connectivity index (χ1v) is 10.6. The van der Waals surface area contributed by atoms with Crippen molar-refractivity contribution in [3.05, 3.63) is 42.7 Å². The number of nitrogens with zero attached hydrogens (tertiary/aromatic N) is 6. The SMILES string of the molecule is CN(c1ccc(-c2ccc(-n3cc(N)cn3)cc2O)nn1)N1C(C)(C)CCCC1(C)C. The van der Waals surface area contributed by atoms with Gasteiger partial charge in [-0.2, -0.15) is 5.10 Å². The zero-order valence-electron chi connectivity index (χ0n) is 18.9. The monoisotopic (exact) mass is 421 g/mol. The third-order valence-corrected chi connectivity index (χ3v) is 6.13. The van der Waals surface area contributed by atoms with Gasteiger partial charge in [-0.1, -0.05) is 0 Å². The van der Waals surface area contributed by atoms with Crippen LogP contribution in [0.4, 0.5) is 11.5 Å². The molecule has 4 rings (SSSR count). The Balaban J connectivity index is 1.59. The van der Waals surface area contributed by atoms with Crippen LogP contribution in [-0.4, -0.2) is 48.2 Å². The van der Waals surface area contributed by atoms with Gasteiger partial charge in [0.2, 0.25) is 0 Å². The molecule has 1 aliphatic rings. The molecular formula is C23H31N7O. The highest BCUT2D eigenvalue weighted by Gasteiger charge is 2.44. The lowest BCUT2D eigenvalue weighted by molar-refractivity contribution is -0.0332. The van der Waals surface area contributed by atoms with Gasteiger partial charge in [-0.3, -0.25) is 5.01 Å². The average molecular weight is 422 g/mol. The van der Waals surface area contributed by atoms with Gasteiger partial charge in [0.25, 0.3) is 0 Å². The number of aromatic hydroxyl groups is 1. The van der Waals surface area contributed by atoms with Crippen molar-refractivity contribution >= 4 is 11.5 Å². The van der Waals surface area contributed by atoms with Crippen LogP contribution in [0.5, 0.6) is 5.75 Å². The fraction of sp³-hybridized carbons (Fsp3) is 0.435. The molecule has 31 heavy (non-hydrogen) atoms. The molecule has 164 valence electrons. The summed E-state index contributed by atoms with van der Waals surface area (Å²) in [7, 11) is 2.04. The van der Waals surface area contributed by atoms with Crippen LogP contribution < -0.4 is 10.7 Å².